The first-order chi connectivity index (χ1) is 9.14. The van der Waals surface area contributed by atoms with Crippen LogP contribution in [0.2, 0.25) is 0 Å². The molecule has 0 aromatic carbocycles. The van der Waals surface area contributed by atoms with Gasteiger partial charge >= 0.3 is 0 Å². The van der Waals surface area contributed by atoms with Crippen LogP contribution in [0.25, 0.3) is 0 Å². The third-order valence-electron chi connectivity index (χ3n) is 2.70. The fraction of sp³-hybridized carbons (Fsp3) is 0.533. The van der Waals surface area contributed by atoms with Crippen molar-refractivity contribution in [2.24, 2.45) is 0 Å². The Bertz CT molecular complexity index is 552. The van der Waals surface area contributed by atoms with Crippen molar-refractivity contribution in [3.05, 3.63) is 23.0 Å². The molecule has 1 amide bonds. The van der Waals surface area contributed by atoms with E-state index in [1.54, 1.807) is 19.9 Å². The van der Waals surface area contributed by atoms with Crippen molar-refractivity contribution in [2.45, 2.75) is 53.1 Å². The molecule has 2 N–H and O–H groups in total. The van der Waals surface area contributed by atoms with Crippen LogP contribution in [0, 0.1) is 25.2 Å². The van der Waals surface area contributed by atoms with Crippen molar-refractivity contribution >= 4 is 11.6 Å². The number of rotatable bonds is 3. The van der Waals surface area contributed by atoms with Crippen LogP contribution in [-0.4, -0.2) is 22.5 Å². The summed E-state index contributed by atoms with van der Waals surface area (Å²) in [5, 5.41) is 15.2. The molecule has 0 spiro atoms. The normalized spacial score (nSPS) is 12.4. The molecule has 0 radical (unpaired) electrons. The predicted molar refractivity (Wildman–Crippen MR) is 79.4 cm³/mol. The number of anilines is 1. The maximum absolute atomic E-state index is 12.1. The Hall–Kier alpha value is -2.09. The van der Waals surface area contributed by atoms with Crippen molar-refractivity contribution in [1.29, 1.82) is 5.26 Å². The number of carbonyl (C=O) groups is 1. The van der Waals surface area contributed by atoms with Gasteiger partial charge in [0.2, 0.25) is 5.91 Å². The van der Waals surface area contributed by atoms with Crippen LogP contribution in [0.15, 0.2) is 6.07 Å². The summed E-state index contributed by atoms with van der Waals surface area (Å²) in [7, 11) is 0. The molecule has 0 aliphatic carbocycles. The smallest absolute Gasteiger partial charge is 0.242 e. The van der Waals surface area contributed by atoms with Gasteiger partial charge in [0.05, 0.1) is 16.9 Å². The number of aryl methyl sites for hydroxylation is 2. The maximum atomic E-state index is 12.1. The Labute approximate surface area is 120 Å². The molecule has 108 valence electrons. The Morgan fingerprint density at radius 3 is 2.50 bits per heavy atom. The van der Waals surface area contributed by atoms with Crippen LogP contribution in [-0.2, 0) is 4.79 Å². The number of carbonyl (C=O) groups excluding carboxylic acids is 1. The molecule has 0 aliphatic heterocycles. The second kappa shape index (κ2) is 5.91. The summed E-state index contributed by atoms with van der Waals surface area (Å²) in [6.45, 7) is 11.2. The third kappa shape index (κ3) is 4.23. The van der Waals surface area contributed by atoms with Crippen LogP contribution in [0.3, 0.4) is 0 Å². The highest BCUT2D eigenvalue weighted by Gasteiger charge is 2.20. The summed E-state index contributed by atoms with van der Waals surface area (Å²) >= 11 is 0. The molecule has 0 fully saturated rings. The molecule has 5 heteroatoms. The van der Waals surface area contributed by atoms with E-state index in [4.69, 9.17) is 0 Å². The maximum Gasteiger partial charge on any atom is 0.242 e. The first-order valence-electron chi connectivity index (χ1n) is 6.61. The SMILES string of the molecule is Cc1cc(NC(C)C(=O)NC(C)(C)C)c(C#N)c(C)n1. The van der Waals surface area contributed by atoms with Gasteiger partial charge in [0, 0.05) is 11.2 Å². The lowest BCUT2D eigenvalue weighted by molar-refractivity contribution is -0.122. The highest BCUT2D eigenvalue weighted by atomic mass is 16.2. The van der Waals surface area contributed by atoms with Crippen LogP contribution in [0.5, 0.6) is 0 Å². The standard InChI is InChI=1S/C15H22N4O/c1-9-7-13(12(8-16)10(2)17-9)18-11(3)14(20)19-15(4,5)6/h7,11H,1-6H3,(H,17,18)(H,19,20). The molecule has 1 rings (SSSR count). The van der Waals surface area contributed by atoms with E-state index >= 15 is 0 Å². The average molecular weight is 274 g/mol. The topological polar surface area (TPSA) is 77.8 Å². The molecular formula is C15H22N4O. The molecule has 1 heterocycles. The van der Waals surface area contributed by atoms with Crippen molar-refractivity contribution < 1.29 is 4.79 Å². The molecule has 0 saturated carbocycles. The third-order valence-corrected chi connectivity index (χ3v) is 2.70. The molecule has 0 bridgehead atoms. The number of nitrogens with one attached hydrogen (secondary N) is 2. The molecule has 1 atom stereocenters. The minimum absolute atomic E-state index is 0.103. The van der Waals surface area contributed by atoms with Gasteiger partial charge in [-0.05, 0) is 47.6 Å². The van der Waals surface area contributed by atoms with E-state index in [9.17, 15) is 10.1 Å². The number of nitrogens with zero attached hydrogens (tertiary/aromatic N) is 2. The monoisotopic (exact) mass is 274 g/mol. The largest absolute Gasteiger partial charge is 0.373 e. The fourth-order valence-corrected chi connectivity index (χ4v) is 1.86. The second-order valence-electron chi connectivity index (χ2n) is 5.99. The minimum atomic E-state index is -0.428. The molecule has 0 saturated heterocycles. The first-order valence-corrected chi connectivity index (χ1v) is 6.61. The van der Waals surface area contributed by atoms with Gasteiger partial charge in [0.15, 0.2) is 0 Å². The number of pyridine rings is 1. The second-order valence-corrected chi connectivity index (χ2v) is 5.99. The van der Waals surface area contributed by atoms with Crippen molar-refractivity contribution in [3.63, 3.8) is 0 Å². The number of amides is 1. The molecular weight excluding hydrogens is 252 g/mol. The Kier molecular flexibility index (Phi) is 4.72. The van der Waals surface area contributed by atoms with Crippen molar-refractivity contribution in [1.82, 2.24) is 10.3 Å². The van der Waals surface area contributed by atoms with Crippen LogP contribution in [0.4, 0.5) is 5.69 Å². The first kappa shape index (κ1) is 16.0. The van der Waals surface area contributed by atoms with E-state index < -0.39 is 6.04 Å². The molecule has 0 aliphatic rings. The van der Waals surface area contributed by atoms with Gasteiger partial charge in [-0.25, -0.2) is 0 Å². The van der Waals surface area contributed by atoms with Gasteiger partial charge in [-0.3, -0.25) is 9.78 Å². The fourth-order valence-electron chi connectivity index (χ4n) is 1.86. The summed E-state index contributed by atoms with van der Waals surface area (Å²) < 4.78 is 0. The van der Waals surface area contributed by atoms with E-state index in [0.29, 0.717) is 16.9 Å². The zero-order valence-electron chi connectivity index (χ0n) is 13.0. The minimum Gasteiger partial charge on any atom is -0.373 e. The molecule has 1 aromatic heterocycles. The number of hydrogen-bond donors (Lipinski definition) is 2. The Balaban J connectivity index is 2.94. The lowest BCUT2D eigenvalue weighted by atomic mass is 10.1. The van der Waals surface area contributed by atoms with E-state index in [2.05, 4.69) is 21.7 Å². The van der Waals surface area contributed by atoms with Crippen molar-refractivity contribution in [2.75, 3.05) is 5.32 Å². The molecule has 1 aromatic rings. The van der Waals surface area contributed by atoms with Crippen molar-refractivity contribution in [3.8, 4) is 6.07 Å². The summed E-state index contributed by atoms with van der Waals surface area (Å²) in [4.78, 5) is 16.3. The van der Waals surface area contributed by atoms with Gasteiger partial charge < -0.3 is 10.6 Å². The number of aromatic nitrogens is 1. The Morgan fingerprint density at radius 1 is 1.40 bits per heavy atom. The van der Waals surface area contributed by atoms with Gasteiger partial charge in [0.25, 0.3) is 0 Å². The zero-order chi connectivity index (χ0) is 15.5. The van der Waals surface area contributed by atoms with E-state index in [1.165, 1.54) is 0 Å². The summed E-state index contributed by atoms with van der Waals surface area (Å²) in [5.74, 6) is -0.103. The van der Waals surface area contributed by atoms with Gasteiger partial charge in [-0.1, -0.05) is 0 Å². The predicted octanol–water partition coefficient (Wildman–Crippen LogP) is 2.29. The van der Waals surface area contributed by atoms with Crippen LogP contribution < -0.4 is 10.6 Å². The van der Waals surface area contributed by atoms with Gasteiger partial charge in [-0.15, -0.1) is 0 Å². The zero-order valence-corrected chi connectivity index (χ0v) is 13.0. The average Bonchev–Trinajstić information content (AvgIpc) is 2.25. The molecule has 1 unspecified atom stereocenters. The highest BCUT2D eigenvalue weighted by Crippen LogP contribution is 2.19. The number of hydrogen-bond acceptors (Lipinski definition) is 4. The summed E-state index contributed by atoms with van der Waals surface area (Å²) in [5.41, 5.74) is 2.32. The van der Waals surface area contributed by atoms with E-state index in [1.807, 2.05) is 27.7 Å². The van der Waals surface area contributed by atoms with E-state index in [-0.39, 0.29) is 11.4 Å². The molecule has 5 nitrogen and oxygen atoms in total. The Morgan fingerprint density at radius 2 is 2.00 bits per heavy atom. The highest BCUT2D eigenvalue weighted by molar-refractivity contribution is 5.85. The summed E-state index contributed by atoms with van der Waals surface area (Å²) in [6.07, 6.45) is 0. The van der Waals surface area contributed by atoms with Gasteiger partial charge in [-0.2, -0.15) is 5.26 Å². The van der Waals surface area contributed by atoms with Gasteiger partial charge in [0.1, 0.15) is 12.1 Å². The van der Waals surface area contributed by atoms with Crippen LogP contribution in [0.1, 0.15) is 44.6 Å². The quantitative estimate of drug-likeness (QED) is 0.886. The van der Waals surface area contributed by atoms with Crippen LogP contribution >= 0.6 is 0 Å². The molecule has 20 heavy (non-hydrogen) atoms. The van der Waals surface area contributed by atoms with E-state index in [0.717, 1.165) is 5.69 Å². The lowest BCUT2D eigenvalue weighted by Crippen LogP contribution is -2.47. The summed E-state index contributed by atoms with van der Waals surface area (Å²) in [6, 6.07) is 3.48. The lowest BCUT2D eigenvalue weighted by Gasteiger charge is -2.24. The number of nitriles is 1.